The average molecular weight is 365 g/mol. The predicted octanol–water partition coefficient (Wildman–Crippen LogP) is 5.05. The molecule has 0 radical (unpaired) electrons. The first kappa shape index (κ1) is 17.3. The molecule has 0 spiro atoms. The van der Waals surface area contributed by atoms with Crippen molar-refractivity contribution in [3.63, 3.8) is 0 Å². The summed E-state index contributed by atoms with van der Waals surface area (Å²) in [6.45, 7) is 3.02. The van der Waals surface area contributed by atoms with Gasteiger partial charge in [0.1, 0.15) is 0 Å². The van der Waals surface area contributed by atoms with E-state index in [0.717, 1.165) is 31.6 Å². The van der Waals surface area contributed by atoms with Crippen molar-refractivity contribution in [2.24, 2.45) is 5.92 Å². The molecule has 1 unspecified atom stereocenters. The highest BCUT2D eigenvalue weighted by molar-refractivity contribution is 7.17. The monoisotopic (exact) mass is 365 g/mol. The molecule has 4 rings (SSSR count). The summed E-state index contributed by atoms with van der Waals surface area (Å²) in [5, 5.41) is 12.9. The summed E-state index contributed by atoms with van der Waals surface area (Å²) in [5.74, 6) is -0.183. The quantitative estimate of drug-likeness (QED) is 0.687. The van der Waals surface area contributed by atoms with Gasteiger partial charge in [-0.15, -0.1) is 11.3 Å². The van der Waals surface area contributed by atoms with E-state index in [1.807, 2.05) is 23.5 Å². The van der Waals surface area contributed by atoms with E-state index in [9.17, 15) is 9.90 Å². The highest BCUT2D eigenvalue weighted by Gasteiger charge is 2.21. The molecule has 3 aromatic rings. The van der Waals surface area contributed by atoms with E-state index in [1.54, 1.807) is 12.1 Å². The van der Waals surface area contributed by atoms with E-state index in [-0.39, 0.29) is 0 Å². The maximum atomic E-state index is 11.2. The number of benzene rings is 2. The molecular weight excluding hydrogens is 342 g/mol. The van der Waals surface area contributed by atoms with Crippen molar-refractivity contribution in [1.29, 1.82) is 0 Å². The Kier molecular flexibility index (Phi) is 5.05. The second-order valence-corrected chi connectivity index (χ2v) is 8.12. The van der Waals surface area contributed by atoms with E-state index in [0.29, 0.717) is 11.5 Å². The van der Waals surface area contributed by atoms with Crippen LogP contribution in [-0.2, 0) is 13.0 Å². The Morgan fingerprint density at radius 3 is 2.96 bits per heavy atom. The Morgan fingerprint density at radius 2 is 2.08 bits per heavy atom. The molecule has 1 aliphatic heterocycles. The van der Waals surface area contributed by atoms with Gasteiger partial charge < -0.3 is 5.11 Å². The van der Waals surface area contributed by atoms with Crippen molar-refractivity contribution in [2.45, 2.75) is 25.8 Å². The highest BCUT2D eigenvalue weighted by atomic mass is 32.1. The van der Waals surface area contributed by atoms with Crippen LogP contribution in [-0.4, -0.2) is 29.1 Å². The standard InChI is InChI=1S/C22H23NO2S/c24-22(25)18-7-3-5-16(11-18)13-23-10-4-6-17(14-23)12-19-15-26-21-9-2-1-8-20(19)21/h1-3,5,7-9,11,15,17H,4,6,10,12-14H2,(H,24,25). The molecule has 3 nitrogen and oxygen atoms in total. The molecule has 2 aromatic carbocycles. The van der Waals surface area contributed by atoms with Crippen molar-refractivity contribution in [2.75, 3.05) is 13.1 Å². The zero-order valence-electron chi connectivity index (χ0n) is 14.7. The molecule has 1 aromatic heterocycles. The van der Waals surface area contributed by atoms with Gasteiger partial charge in [0.15, 0.2) is 0 Å². The van der Waals surface area contributed by atoms with Crippen molar-refractivity contribution in [1.82, 2.24) is 4.90 Å². The number of hydrogen-bond donors (Lipinski definition) is 1. The minimum atomic E-state index is -0.854. The molecule has 0 aliphatic carbocycles. The number of carboxylic acids is 1. The molecule has 0 amide bonds. The Bertz CT molecular complexity index is 917. The molecule has 0 bridgehead atoms. The van der Waals surface area contributed by atoms with Gasteiger partial charge in [0.05, 0.1) is 5.56 Å². The number of fused-ring (bicyclic) bond motifs is 1. The smallest absolute Gasteiger partial charge is 0.335 e. The van der Waals surface area contributed by atoms with Gasteiger partial charge in [-0.1, -0.05) is 30.3 Å². The molecule has 134 valence electrons. The highest BCUT2D eigenvalue weighted by Crippen LogP contribution is 2.30. The molecule has 26 heavy (non-hydrogen) atoms. The maximum absolute atomic E-state index is 11.2. The van der Waals surface area contributed by atoms with Gasteiger partial charge in [0, 0.05) is 17.8 Å². The topological polar surface area (TPSA) is 40.5 Å². The first-order valence-corrected chi connectivity index (χ1v) is 10.1. The molecule has 0 saturated carbocycles. The maximum Gasteiger partial charge on any atom is 0.335 e. The molecule has 1 atom stereocenters. The molecule has 4 heteroatoms. The van der Waals surface area contributed by atoms with Crippen LogP contribution in [0, 0.1) is 5.92 Å². The summed E-state index contributed by atoms with van der Waals surface area (Å²) < 4.78 is 1.38. The number of hydrogen-bond acceptors (Lipinski definition) is 3. The third-order valence-electron chi connectivity index (χ3n) is 5.25. The first-order valence-electron chi connectivity index (χ1n) is 9.19. The lowest BCUT2D eigenvalue weighted by Gasteiger charge is -2.33. The fraction of sp³-hybridized carbons (Fsp3) is 0.318. The van der Waals surface area contributed by atoms with Crippen LogP contribution in [0.1, 0.15) is 34.3 Å². The number of rotatable bonds is 5. The van der Waals surface area contributed by atoms with Crippen LogP contribution in [0.3, 0.4) is 0 Å². The molecule has 1 saturated heterocycles. The van der Waals surface area contributed by atoms with Crippen LogP contribution < -0.4 is 0 Å². The number of piperidine rings is 1. The molecule has 1 fully saturated rings. The van der Waals surface area contributed by atoms with Gasteiger partial charge in [0.2, 0.25) is 0 Å². The van der Waals surface area contributed by atoms with Gasteiger partial charge in [-0.2, -0.15) is 0 Å². The van der Waals surface area contributed by atoms with E-state index in [4.69, 9.17) is 0 Å². The minimum absolute atomic E-state index is 0.376. The van der Waals surface area contributed by atoms with Crippen LogP contribution in [0.4, 0.5) is 0 Å². The van der Waals surface area contributed by atoms with Gasteiger partial charge in [-0.05, 0) is 71.8 Å². The minimum Gasteiger partial charge on any atom is -0.478 e. The predicted molar refractivity (Wildman–Crippen MR) is 107 cm³/mol. The van der Waals surface area contributed by atoms with Gasteiger partial charge in [-0.25, -0.2) is 4.79 Å². The fourth-order valence-corrected chi connectivity index (χ4v) is 5.00. The summed E-state index contributed by atoms with van der Waals surface area (Å²) in [6.07, 6.45) is 3.62. The van der Waals surface area contributed by atoms with Crippen molar-refractivity contribution >= 4 is 27.4 Å². The second kappa shape index (κ2) is 7.60. The first-order chi connectivity index (χ1) is 12.7. The van der Waals surface area contributed by atoms with Crippen LogP contribution in [0.5, 0.6) is 0 Å². The van der Waals surface area contributed by atoms with Gasteiger partial charge in [-0.3, -0.25) is 4.90 Å². The molecular formula is C22H23NO2S. The number of carboxylic acid groups (broad SMARTS) is 1. The van der Waals surface area contributed by atoms with E-state index < -0.39 is 5.97 Å². The Hall–Kier alpha value is -2.17. The van der Waals surface area contributed by atoms with E-state index >= 15 is 0 Å². The SMILES string of the molecule is O=C(O)c1cccc(CN2CCCC(Cc3csc4ccccc34)C2)c1. The largest absolute Gasteiger partial charge is 0.478 e. The van der Waals surface area contributed by atoms with Crippen LogP contribution in [0.15, 0.2) is 53.9 Å². The molecule has 2 heterocycles. The summed E-state index contributed by atoms with van der Waals surface area (Å²) in [6, 6.07) is 16.0. The number of thiophene rings is 1. The summed E-state index contributed by atoms with van der Waals surface area (Å²) in [4.78, 5) is 13.6. The number of nitrogens with zero attached hydrogens (tertiary/aromatic N) is 1. The van der Waals surface area contributed by atoms with Gasteiger partial charge >= 0.3 is 5.97 Å². The Balaban J connectivity index is 1.43. The zero-order chi connectivity index (χ0) is 17.9. The molecule has 1 aliphatic rings. The Labute approximate surface area is 157 Å². The average Bonchev–Trinajstić information content (AvgIpc) is 3.05. The van der Waals surface area contributed by atoms with Crippen LogP contribution in [0.25, 0.3) is 10.1 Å². The fourth-order valence-electron chi connectivity index (χ4n) is 4.02. The Morgan fingerprint density at radius 1 is 1.19 bits per heavy atom. The number of carbonyl (C=O) groups is 1. The summed E-state index contributed by atoms with van der Waals surface area (Å²) in [5.41, 5.74) is 2.94. The number of likely N-dealkylation sites (tertiary alicyclic amines) is 1. The molecule has 1 N–H and O–H groups in total. The number of aromatic carboxylic acids is 1. The lowest BCUT2D eigenvalue weighted by molar-refractivity contribution is 0.0696. The third kappa shape index (κ3) is 3.81. The van der Waals surface area contributed by atoms with E-state index in [2.05, 4.69) is 34.5 Å². The van der Waals surface area contributed by atoms with Crippen LogP contribution >= 0.6 is 11.3 Å². The lowest BCUT2D eigenvalue weighted by Crippen LogP contribution is -2.35. The van der Waals surface area contributed by atoms with Crippen molar-refractivity contribution < 1.29 is 9.90 Å². The summed E-state index contributed by atoms with van der Waals surface area (Å²) in [7, 11) is 0. The van der Waals surface area contributed by atoms with Crippen molar-refractivity contribution in [3.8, 4) is 0 Å². The zero-order valence-corrected chi connectivity index (χ0v) is 15.5. The second-order valence-electron chi connectivity index (χ2n) is 7.21. The third-order valence-corrected chi connectivity index (χ3v) is 6.27. The lowest BCUT2D eigenvalue weighted by atomic mass is 9.91. The summed E-state index contributed by atoms with van der Waals surface area (Å²) >= 11 is 1.84. The van der Waals surface area contributed by atoms with E-state index in [1.165, 1.54) is 28.5 Å². The van der Waals surface area contributed by atoms with Crippen LogP contribution in [0.2, 0.25) is 0 Å². The van der Waals surface area contributed by atoms with Gasteiger partial charge in [0.25, 0.3) is 0 Å². The van der Waals surface area contributed by atoms with Crippen molar-refractivity contribution in [3.05, 3.63) is 70.6 Å². The normalized spacial score (nSPS) is 18.2.